The molecule has 0 spiro atoms. The molecule has 1 atom stereocenters. The van der Waals surface area contributed by atoms with Crippen molar-refractivity contribution in [2.24, 2.45) is 0 Å². The molecule has 0 bridgehead atoms. The maximum absolute atomic E-state index is 12.3. The van der Waals surface area contributed by atoms with Crippen LogP contribution in [0.4, 0.5) is 18.9 Å². The van der Waals surface area contributed by atoms with E-state index in [-0.39, 0.29) is 38.2 Å². The molecule has 166 valence electrons. The summed E-state index contributed by atoms with van der Waals surface area (Å²) in [6.07, 6.45) is -5.29. The number of esters is 2. The Morgan fingerprint density at radius 1 is 1.00 bits per heavy atom. The molecule has 30 heavy (non-hydrogen) atoms. The van der Waals surface area contributed by atoms with Gasteiger partial charge in [-0.15, -0.1) is 0 Å². The number of rotatable bonds is 10. The molecule has 1 aromatic carbocycles. The Labute approximate surface area is 171 Å². The molecule has 0 aliphatic carbocycles. The van der Waals surface area contributed by atoms with Gasteiger partial charge in [-0.25, -0.2) is 4.79 Å². The van der Waals surface area contributed by atoms with Gasteiger partial charge < -0.3 is 20.1 Å². The van der Waals surface area contributed by atoms with E-state index in [1.54, 1.807) is 19.2 Å². The molecule has 0 aliphatic heterocycles. The predicted molar refractivity (Wildman–Crippen MR) is 99.3 cm³/mol. The number of nitrogens with one attached hydrogen (secondary N) is 2. The van der Waals surface area contributed by atoms with E-state index in [1.807, 2.05) is 0 Å². The summed E-state index contributed by atoms with van der Waals surface area (Å²) in [7, 11) is 0. The topological polar surface area (TPSA) is 111 Å². The average molecular weight is 432 g/mol. The molecular weight excluding hydrogens is 409 g/mol. The van der Waals surface area contributed by atoms with E-state index in [0.29, 0.717) is 5.56 Å². The molecule has 2 amide bonds. The molecule has 0 heterocycles. The first kappa shape index (κ1) is 24.9. The first-order valence-electron chi connectivity index (χ1n) is 9.15. The lowest BCUT2D eigenvalue weighted by atomic mass is 10.1. The molecule has 0 fully saturated rings. The molecule has 8 nitrogen and oxygen atoms in total. The Morgan fingerprint density at radius 2 is 1.60 bits per heavy atom. The molecule has 11 heteroatoms. The fourth-order valence-electron chi connectivity index (χ4n) is 2.33. The van der Waals surface area contributed by atoms with Crippen molar-refractivity contribution in [3.63, 3.8) is 0 Å². The predicted octanol–water partition coefficient (Wildman–Crippen LogP) is 2.12. The molecule has 2 N–H and O–H groups in total. The zero-order valence-corrected chi connectivity index (χ0v) is 16.5. The lowest BCUT2D eigenvalue weighted by Crippen LogP contribution is -2.43. The number of hydrogen-bond donors (Lipinski definition) is 2. The van der Waals surface area contributed by atoms with Crippen molar-refractivity contribution in [2.45, 2.75) is 45.3 Å². The minimum Gasteiger partial charge on any atom is -0.466 e. The van der Waals surface area contributed by atoms with E-state index in [4.69, 9.17) is 9.47 Å². The molecule has 1 aromatic rings. The SMILES string of the molecule is CCOC(=O)CCC(NC(=O)Cc1ccc(NC(=O)C(F)(F)F)cc1)C(=O)OCC. The van der Waals surface area contributed by atoms with Crippen LogP contribution in [0, 0.1) is 0 Å². The van der Waals surface area contributed by atoms with Gasteiger partial charge in [0.25, 0.3) is 0 Å². The lowest BCUT2D eigenvalue weighted by molar-refractivity contribution is -0.167. The summed E-state index contributed by atoms with van der Waals surface area (Å²) in [6, 6.07) is 4.12. The van der Waals surface area contributed by atoms with E-state index >= 15 is 0 Å². The monoisotopic (exact) mass is 432 g/mol. The highest BCUT2D eigenvalue weighted by Gasteiger charge is 2.38. The molecule has 1 unspecified atom stereocenters. The third kappa shape index (κ3) is 8.93. The van der Waals surface area contributed by atoms with Crippen molar-refractivity contribution in [3.05, 3.63) is 29.8 Å². The van der Waals surface area contributed by atoms with Crippen molar-refractivity contribution < 1.29 is 41.8 Å². The maximum atomic E-state index is 12.3. The van der Waals surface area contributed by atoms with Crippen LogP contribution in [0.1, 0.15) is 32.3 Å². The zero-order valence-electron chi connectivity index (χ0n) is 16.5. The van der Waals surface area contributed by atoms with Gasteiger partial charge >= 0.3 is 24.0 Å². The maximum Gasteiger partial charge on any atom is 0.471 e. The van der Waals surface area contributed by atoms with Crippen LogP contribution in [-0.4, -0.2) is 49.2 Å². The fraction of sp³-hybridized carbons (Fsp3) is 0.474. The number of anilines is 1. The number of carbonyl (C=O) groups excluding carboxylic acids is 4. The van der Waals surface area contributed by atoms with Gasteiger partial charge in [0, 0.05) is 12.1 Å². The van der Waals surface area contributed by atoms with Gasteiger partial charge in [0.2, 0.25) is 5.91 Å². The summed E-state index contributed by atoms with van der Waals surface area (Å²) in [6.45, 7) is 3.52. The number of benzene rings is 1. The normalized spacial score (nSPS) is 11.9. The summed E-state index contributed by atoms with van der Waals surface area (Å²) in [5, 5.41) is 4.17. The Balaban J connectivity index is 2.68. The highest BCUT2D eigenvalue weighted by Crippen LogP contribution is 2.18. The van der Waals surface area contributed by atoms with Gasteiger partial charge in [-0.05, 0) is 38.0 Å². The average Bonchev–Trinajstić information content (AvgIpc) is 2.66. The second kappa shape index (κ2) is 11.8. The second-order valence-corrected chi connectivity index (χ2v) is 6.04. The Bertz CT molecular complexity index is 750. The summed E-state index contributed by atoms with van der Waals surface area (Å²) in [4.78, 5) is 46.6. The van der Waals surface area contributed by atoms with E-state index in [2.05, 4.69) is 5.32 Å². The quantitative estimate of drug-likeness (QED) is 0.548. The Hall–Kier alpha value is -3.11. The number of amides is 2. The van der Waals surface area contributed by atoms with E-state index in [1.165, 1.54) is 24.3 Å². The number of hydrogen-bond acceptors (Lipinski definition) is 6. The molecular formula is C19H23F3N2O6. The van der Waals surface area contributed by atoms with Gasteiger partial charge in [0.15, 0.2) is 0 Å². The standard InChI is InChI=1S/C19H23F3N2O6/c1-3-29-16(26)10-9-14(17(27)30-4-2)24-15(25)11-12-5-7-13(8-6-12)23-18(28)19(20,21)22/h5-8,14H,3-4,9-11H2,1-2H3,(H,23,28)(H,24,25). The van der Waals surface area contributed by atoms with Crippen LogP contribution >= 0.6 is 0 Å². The van der Waals surface area contributed by atoms with E-state index in [9.17, 15) is 32.3 Å². The van der Waals surface area contributed by atoms with Crippen LogP contribution in [0.15, 0.2) is 24.3 Å². The van der Waals surface area contributed by atoms with E-state index < -0.39 is 36.0 Å². The van der Waals surface area contributed by atoms with Crippen LogP contribution < -0.4 is 10.6 Å². The van der Waals surface area contributed by atoms with Crippen molar-refractivity contribution in [3.8, 4) is 0 Å². The molecule has 0 radical (unpaired) electrons. The van der Waals surface area contributed by atoms with Crippen molar-refractivity contribution in [2.75, 3.05) is 18.5 Å². The number of alkyl halides is 3. The van der Waals surface area contributed by atoms with Crippen LogP contribution in [0.25, 0.3) is 0 Å². The van der Waals surface area contributed by atoms with Gasteiger partial charge in [0.1, 0.15) is 6.04 Å². The first-order valence-corrected chi connectivity index (χ1v) is 9.15. The molecule has 0 aromatic heterocycles. The number of ether oxygens (including phenoxy) is 2. The highest BCUT2D eigenvalue weighted by atomic mass is 19.4. The third-order valence-electron chi connectivity index (χ3n) is 3.68. The lowest BCUT2D eigenvalue weighted by Gasteiger charge is -2.17. The van der Waals surface area contributed by atoms with Crippen molar-refractivity contribution >= 4 is 29.4 Å². The first-order chi connectivity index (χ1) is 14.1. The Kier molecular flexibility index (Phi) is 9.79. The van der Waals surface area contributed by atoms with E-state index in [0.717, 1.165) is 0 Å². The summed E-state index contributed by atoms with van der Waals surface area (Å²) in [5.74, 6) is -3.87. The highest BCUT2D eigenvalue weighted by molar-refractivity contribution is 5.95. The largest absolute Gasteiger partial charge is 0.471 e. The molecule has 0 saturated carbocycles. The summed E-state index contributed by atoms with van der Waals surface area (Å²) >= 11 is 0. The van der Waals surface area contributed by atoms with Crippen molar-refractivity contribution in [1.82, 2.24) is 5.32 Å². The Morgan fingerprint density at radius 3 is 2.13 bits per heavy atom. The molecule has 0 aliphatic rings. The van der Waals surface area contributed by atoms with Gasteiger partial charge in [-0.1, -0.05) is 12.1 Å². The van der Waals surface area contributed by atoms with Gasteiger partial charge in [-0.2, -0.15) is 13.2 Å². The molecule has 0 saturated heterocycles. The number of carbonyl (C=O) groups is 4. The second-order valence-electron chi connectivity index (χ2n) is 6.04. The minimum absolute atomic E-state index is 0.00812. The minimum atomic E-state index is -5.01. The van der Waals surface area contributed by atoms with Crippen LogP contribution in [-0.2, 0) is 35.1 Å². The summed E-state index contributed by atoms with van der Waals surface area (Å²) in [5.41, 5.74) is 0.353. The fourth-order valence-corrected chi connectivity index (χ4v) is 2.33. The van der Waals surface area contributed by atoms with Gasteiger partial charge in [0.05, 0.1) is 19.6 Å². The van der Waals surface area contributed by atoms with Crippen LogP contribution in [0.2, 0.25) is 0 Å². The van der Waals surface area contributed by atoms with Crippen LogP contribution in [0.5, 0.6) is 0 Å². The smallest absolute Gasteiger partial charge is 0.466 e. The molecule has 1 rings (SSSR count). The third-order valence-corrected chi connectivity index (χ3v) is 3.68. The van der Waals surface area contributed by atoms with Crippen molar-refractivity contribution in [1.29, 1.82) is 0 Å². The number of halogens is 3. The zero-order chi connectivity index (χ0) is 22.7. The van der Waals surface area contributed by atoms with Crippen LogP contribution in [0.3, 0.4) is 0 Å². The van der Waals surface area contributed by atoms with Gasteiger partial charge in [-0.3, -0.25) is 14.4 Å². The summed E-state index contributed by atoms with van der Waals surface area (Å²) < 4.78 is 46.4.